The molecular weight excluding hydrogens is 579 g/mol. The first-order valence-electron chi connectivity index (χ1n) is 11.2. The number of carbonyl (C=O) groups excluding carboxylic acids is 1. The van der Waals surface area contributed by atoms with Gasteiger partial charge >= 0.3 is 6.18 Å². The molecule has 0 saturated carbocycles. The van der Waals surface area contributed by atoms with E-state index < -0.39 is 34.9 Å². The second-order valence-electron chi connectivity index (χ2n) is 7.87. The first-order chi connectivity index (χ1) is 18.6. The van der Waals surface area contributed by atoms with E-state index in [0.717, 1.165) is 22.7 Å². The summed E-state index contributed by atoms with van der Waals surface area (Å²) in [6.45, 7) is 2.90. The second kappa shape index (κ2) is 12.6. The van der Waals surface area contributed by atoms with Crippen LogP contribution in [-0.2, 0) is 6.18 Å². The van der Waals surface area contributed by atoms with E-state index in [2.05, 4.69) is 46.2 Å². The van der Waals surface area contributed by atoms with Crippen LogP contribution in [0, 0.1) is 0 Å². The monoisotopic (exact) mass is 599 g/mol. The molecule has 39 heavy (non-hydrogen) atoms. The third-order valence-corrected chi connectivity index (χ3v) is 7.25. The predicted molar refractivity (Wildman–Crippen MR) is 142 cm³/mol. The van der Waals surface area contributed by atoms with Crippen molar-refractivity contribution in [3.05, 3.63) is 68.6 Å². The summed E-state index contributed by atoms with van der Waals surface area (Å²) in [6, 6.07) is 1.76. The van der Waals surface area contributed by atoms with Crippen LogP contribution in [0.4, 0.5) is 29.9 Å². The highest BCUT2D eigenvalue weighted by molar-refractivity contribution is 7.14. The van der Waals surface area contributed by atoms with Gasteiger partial charge in [-0.3, -0.25) is 10.1 Å². The zero-order valence-electron chi connectivity index (χ0n) is 20.0. The Bertz CT molecular complexity index is 1410. The average molecular weight is 600 g/mol. The highest BCUT2D eigenvalue weighted by Gasteiger charge is 2.34. The van der Waals surface area contributed by atoms with Gasteiger partial charge in [0.2, 0.25) is 0 Å². The number of rotatable bonds is 11. The van der Waals surface area contributed by atoms with Gasteiger partial charge in [-0.15, -0.1) is 22.7 Å². The molecule has 0 saturated heterocycles. The topological polar surface area (TPSA) is 150 Å². The van der Waals surface area contributed by atoms with E-state index in [9.17, 15) is 23.1 Å². The van der Waals surface area contributed by atoms with Crippen molar-refractivity contribution in [1.82, 2.24) is 30.2 Å². The zero-order valence-corrected chi connectivity index (χ0v) is 22.4. The van der Waals surface area contributed by atoms with Crippen LogP contribution in [-0.4, -0.2) is 49.0 Å². The maximum Gasteiger partial charge on any atom is 0.418 e. The molecule has 17 heteroatoms. The van der Waals surface area contributed by atoms with Crippen molar-refractivity contribution in [2.75, 3.05) is 29.0 Å². The molecule has 206 valence electrons. The number of hydrogen-bond acceptors (Lipinski definition) is 12. The number of halogens is 4. The Morgan fingerprint density at radius 1 is 1.08 bits per heavy atom. The molecule has 0 aromatic carbocycles. The Morgan fingerprint density at radius 2 is 1.87 bits per heavy atom. The lowest BCUT2D eigenvalue weighted by Crippen LogP contribution is -2.25. The summed E-state index contributed by atoms with van der Waals surface area (Å²) in [5, 5.41) is 24.8. The van der Waals surface area contributed by atoms with Crippen molar-refractivity contribution >= 4 is 56.9 Å². The lowest BCUT2D eigenvalue weighted by atomic mass is 10.2. The van der Waals surface area contributed by atoms with Crippen molar-refractivity contribution in [3.63, 3.8) is 0 Å². The summed E-state index contributed by atoms with van der Waals surface area (Å²) in [7, 11) is 0. The van der Waals surface area contributed by atoms with Crippen LogP contribution in [0.2, 0.25) is 5.02 Å². The molecule has 0 radical (unpaired) electrons. The Balaban J connectivity index is 1.31. The molecule has 0 aliphatic heterocycles. The number of aromatic nitrogens is 5. The first-order valence-corrected chi connectivity index (χ1v) is 13.3. The molecule has 2 unspecified atom stereocenters. The normalized spacial score (nSPS) is 13.1. The van der Waals surface area contributed by atoms with Crippen LogP contribution in [0.25, 0.3) is 0 Å². The van der Waals surface area contributed by atoms with E-state index in [4.69, 9.17) is 11.6 Å². The molecule has 0 spiro atoms. The Labute approximate surface area is 232 Å². The molecule has 4 aromatic heterocycles. The maximum absolute atomic E-state index is 13.1. The van der Waals surface area contributed by atoms with Crippen molar-refractivity contribution in [3.8, 4) is 0 Å². The summed E-state index contributed by atoms with van der Waals surface area (Å²) in [5.74, 6) is -0.474. The van der Waals surface area contributed by atoms with Gasteiger partial charge in [-0.25, -0.2) is 24.9 Å². The minimum absolute atomic E-state index is 0.137. The van der Waals surface area contributed by atoms with Crippen LogP contribution in [0.3, 0.4) is 0 Å². The average Bonchev–Trinajstić information content (AvgIpc) is 3.60. The first kappa shape index (κ1) is 28.6. The number of anilines is 3. The van der Waals surface area contributed by atoms with Crippen LogP contribution in [0.15, 0.2) is 42.4 Å². The van der Waals surface area contributed by atoms with Crippen LogP contribution < -0.4 is 21.3 Å². The third kappa shape index (κ3) is 7.79. The van der Waals surface area contributed by atoms with E-state index in [1.807, 2.05) is 5.38 Å². The third-order valence-electron chi connectivity index (χ3n) is 5.04. The van der Waals surface area contributed by atoms with Gasteiger partial charge in [0, 0.05) is 36.9 Å². The number of alkyl halides is 3. The number of aliphatic hydroxyl groups excluding tert-OH is 1. The number of aliphatic hydroxyl groups is 1. The Kier molecular flexibility index (Phi) is 9.24. The second-order valence-corrected chi connectivity index (χ2v) is 10.2. The summed E-state index contributed by atoms with van der Waals surface area (Å²) in [6.07, 6.45) is -0.729. The zero-order chi connectivity index (χ0) is 28.0. The lowest BCUT2D eigenvalue weighted by Gasteiger charge is -2.17. The molecule has 4 aromatic rings. The van der Waals surface area contributed by atoms with E-state index in [1.165, 1.54) is 23.9 Å². The number of thiazole rings is 2. The molecule has 0 bridgehead atoms. The fourth-order valence-electron chi connectivity index (χ4n) is 3.18. The van der Waals surface area contributed by atoms with Gasteiger partial charge in [-0.05, 0) is 13.0 Å². The standard InChI is InChI=1S/C22H21ClF3N9O2S2/c1-11(34-18(36)14-7-16(33-10-32-14)27-2-3-28-21-29-4-5-38-21)20-31-9-15(39-20)19(37)35-17-6-12(22(24,25)26)13(23)8-30-17/h4-11,18,34,36H,2-3H2,1H3,(H,28,29)(H,27,32,33)(H,30,35,37). The highest BCUT2D eigenvalue weighted by atomic mass is 35.5. The van der Waals surface area contributed by atoms with E-state index in [-0.39, 0.29) is 10.7 Å². The van der Waals surface area contributed by atoms with E-state index >= 15 is 0 Å². The van der Waals surface area contributed by atoms with Gasteiger partial charge in [0.1, 0.15) is 34.1 Å². The molecule has 5 N–H and O–H groups in total. The minimum Gasteiger partial charge on any atom is -0.373 e. The van der Waals surface area contributed by atoms with Crippen LogP contribution >= 0.6 is 34.3 Å². The number of hydrogen-bond donors (Lipinski definition) is 5. The molecule has 0 aliphatic rings. The molecule has 11 nitrogen and oxygen atoms in total. The summed E-state index contributed by atoms with van der Waals surface area (Å²) >= 11 is 8.07. The van der Waals surface area contributed by atoms with Crippen molar-refractivity contribution in [2.45, 2.75) is 25.4 Å². The Morgan fingerprint density at radius 3 is 2.62 bits per heavy atom. The quantitative estimate of drug-likeness (QED) is 0.122. The molecule has 1 amide bonds. The fraction of sp³-hybridized carbons (Fsp3) is 0.273. The largest absolute Gasteiger partial charge is 0.418 e. The fourth-order valence-corrected chi connectivity index (χ4v) is 4.77. The highest BCUT2D eigenvalue weighted by Crippen LogP contribution is 2.35. The summed E-state index contributed by atoms with van der Waals surface area (Å²) in [5.41, 5.74) is -0.794. The molecule has 4 heterocycles. The lowest BCUT2D eigenvalue weighted by molar-refractivity contribution is -0.137. The Hall–Kier alpha value is -3.44. The van der Waals surface area contributed by atoms with Gasteiger partial charge in [-0.2, -0.15) is 13.2 Å². The molecule has 0 aliphatic carbocycles. The van der Waals surface area contributed by atoms with E-state index in [1.54, 1.807) is 19.2 Å². The SMILES string of the molecule is CC(NC(O)c1cc(NCCNc2nccs2)ncn1)c1ncc(C(=O)Nc2cc(C(F)(F)F)c(Cl)cn2)s1. The maximum atomic E-state index is 13.1. The molecule has 4 rings (SSSR count). The number of nitrogens with zero attached hydrogens (tertiary/aromatic N) is 5. The van der Waals surface area contributed by atoms with Crippen molar-refractivity contribution < 1.29 is 23.1 Å². The van der Waals surface area contributed by atoms with Crippen molar-refractivity contribution in [2.24, 2.45) is 0 Å². The summed E-state index contributed by atoms with van der Waals surface area (Å²) < 4.78 is 39.2. The number of nitrogens with one attached hydrogen (secondary N) is 4. The van der Waals surface area contributed by atoms with E-state index in [0.29, 0.717) is 35.7 Å². The molecular formula is C22H21ClF3N9O2S2. The predicted octanol–water partition coefficient (Wildman–Crippen LogP) is 4.57. The van der Waals surface area contributed by atoms with Crippen molar-refractivity contribution in [1.29, 1.82) is 0 Å². The minimum atomic E-state index is -4.70. The van der Waals surface area contributed by atoms with Gasteiger partial charge < -0.3 is 21.1 Å². The van der Waals surface area contributed by atoms with Gasteiger partial charge in [0.15, 0.2) is 5.13 Å². The van der Waals surface area contributed by atoms with Crippen LogP contribution in [0.5, 0.6) is 0 Å². The number of pyridine rings is 1. The van der Waals surface area contributed by atoms with Gasteiger partial charge in [-0.1, -0.05) is 11.6 Å². The summed E-state index contributed by atoms with van der Waals surface area (Å²) in [4.78, 5) is 33.0. The van der Waals surface area contributed by atoms with Gasteiger partial charge in [0.05, 0.1) is 28.5 Å². The van der Waals surface area contributed by atoms with Gasteiger partial charge in [0.25, 0.3) is 5.91 Å². The molecule has 0 fully saturated rings. The number of carbonyl (C=O) groups is 1. The van der Waals surface area contributed by atoms with Crippen LogP contribution in [0.1, 0.15) is 45.1 Å². The number of amides is 1. The smallest absolute Gasteiger partial charge is 0.373 e. The molecule has 2 atom stereocenters.